The van der Waals surface area contributed by atoms with Gasteiger partial charge < -0.3 is 15.2 Å². The maximum Gasteiger partial charge on any atom is 0.358 e. The van der Waals surface area contributed by atoms with Gasteiger partial charge in [-0.05, 0) is 23.8 Å². The molecule has 8 heteroatoms. The Hall–Kier alpha value is -3.68. The van der Waals surface area contributed by atoms with E-state index in [9.17, 15) is 14.0 Å². The van der Waals surface area contributed by atoms with Gasteiger partial charge in [-0.3, -0.25) is 9.36 Å². The Kier molecular flexibility index (Phi) is 4.89. The van der Waals surface area contributed by atoms with Crippen molar-refractivity contribution in [3.63, 3.8) is 0 Å². The SMILES string of the molecule is COC(=O)c1cn(-c2cccc(-c3cccc(F)c3OC)c2)c(C(N)=O)n1. The second kappa shape index (κ2) is 7.28. The standard InChI is InChI=1S/C19H16FN3O4/c1-26-16-13(7-4-8-14(16)20)11-5-3-6-12(9-11)23-10-15(19(25)27-2)22-18(23)17(21)24/h3-10H,1-2H3,(H2,21,24). The fourth-order valence-electron chi connectivity index (χ4n) is 2.72. The highest BCUT2D eigenvalue weighted by atomic mass is 19.1. The second-order valence-corrected chi connectivity index (χ2v) is 5.55. The van der Waals surface area contributed by atoms with Crippen molar-refractivity contribution in [1.29, 1.82) is 0 Å². The van der Waals surface area contributed by atoms with Crippen molar-refractivity contribution in [2.75, 3.05) is 14.2 Å². The zero-order valence-corrected chi connectivity index (χ0v) is 14.6. The summed E-state index contributed by atoms with van der Waals surface area (Å²) in [5.41, 5.74) is 7.01. The maximum atomic E-state index is 14.0. The van der Waals surface area contributed by atoms with Gasteiger partial charge in [0.25, 0.3) is 5.91 Å². The van der Waals surface area contributed by atoms with E-state index in [0.29, 0.717) is 16.8 Å². The first-order valence-electron chi connectivity index (χ1n) is 7.87. The van der Waals surface area contributed by atoms with Gasteiger partial charge in [0.05, 0.1) is 14.2 Å². The van der Waals surface area contributed by atoms with E-state index in [1.807, 2.05) is 0 Å². The molecule has 138 valence electrons. The van der Waals surface area contributed by atoms with Gasteiger partial charge in [0.1, 0.15) is 0 Å². The number of carbonyl (C=O) groups is 2. The number of methoxy groups -OCH3 is 2. The predicted molar refractivity (Wildman–Crippen MR) is 95.4 cm³/mol. The summed E-state index contributed by atoms with van der Waals surface area (Å²) in [6.45, 7) is 0. The molecule has 1 heterocycles. The van der Waals surface area contributed by atoms with Gasteiger partial charge in [-0.25, -0.2) is 14.2 Å². The number of nitrogens with zero attached hydrogens (tertiary/aromatic N) is 2. The summed E-state index contributed by atoms with van der Waals surface area (Å²) in [6.07, 6.45) is 1.36. The molecular weight excluding hydrogens is 353 g/mol. The molecule has 2 aromatic carbocycles. The third-order valence-electron chi connectivity index (χ3n) is 3.93. The third kappa shape index (κ3) is 3.37. The van der Waals surface area contributed by atoms with E-state index >= 15 is 0 Å². The van der Waals surface area contributed by atoms with E-state index in [0.717, 1.165) is 0 Å². The Morgan fingerprint density at radius 3 is 2.56 bits per heavy atom. The smallest absolute Gasteiger partial charge is 0.358 e. The summed E-state index contributed by atoms with van der Waals surface area (Å²) in [6, 6.07) is 11.5. The van der Waals surface area contributed by atoms with Crippen LogP contribution in [0.5, 0.6) is 5.75 Å². The number of para-hydroxylation sites is 1. The Morgan fingerprint density at radius 1 is 1.15 bits per heavy atom. The lowest BCUT2D eigenvalue weighted by molar-refractivity contribution is 0.0594. The summed E-state index contributed by atoms with van der Waals surface area (Å²) in [5, 5.41) is 0. The molecule has 0 saturated carbocycles. The number of ether oxygens (including phenoxy) is 2. The number of rotatable bonds is 5. The minimum absolute atomic E-state index is 0.0555. The number of halogens is 1. The van der Waals surface area contributed by atoms with E-state index in [1.54, 1.807) is 36.4 Å². The number of benzene rings is 2. The first-order chi connectivity index (χ1) is 13.0. The minimum Gasteiger partial charge on any atom is -0.493 e. The molecule has 1 aromatic heterocycles. The zero-order chi connectivity index (χ0) is 19.6. The number of esters is 1. The molecule has 0 atom stereocenters. The van der Waals surface area contributed by atoms with Crippen LogP contribution in [0, 0.1) is 5.82 Å². The highest BCUT2D eigenvalue weighted by Crippen LogP contribution is 2.33. The number of imidazole rings is 1. The summed E-state index contributed by atoms with van der Waals surface area (Å²) in [7, 11) is 2.59. The van der Waals surface area contributed by atoms with Gasteiger partial charge in [-0.2, -0.15) is 0 Å². The van der Waals surface area contributed by atoms with Crippen LogP contribution in [0.1, 0.15) is 21.1 Å². The van der Waals surface area contributed by atoms with E-state index in [1.165, 1.54) is 31.0 Å². The lowest BCUT2D eigenvalue weighted by Gasteiger charge is -2.12. The van der Waals surface area contributed by atoms with Crippen LogP contribution < -0.4 is 10.5 Å². The molecular formula is C19H16FN3O4. The van der Waals surface area contributed by atoms with Gasteiger partial charge in [0.15, 0.2) is 17.3 Å². The van der Waals surface area contributed by atoms with Crippen molar-refractivity contribution in [3.05, 3.63) is 66.0 Å². The molecule has 0 aliphatic rings. The number of primary amides is 1. The minimum atomic E-state index is -0.807. The van der Waals surface area contributed by atoms with Crippen LogP contribution in [-0.2, 0) is 4.74 Å². The van der Waals surface area contributed by atoms with Crippen molar-refractivity contribution in [1.82, 2.24) is 9.55 Å². The molecule has 0 aliphatic carbocycles. The largest absolute Gasteiger partial charge is 0.493 e. The maximum absolute atomic E-state index is 14.0. The number of amides is 1. The number of hydrogen-bond acceptors (Lipinski definition) is 5. The third-order valence-corrected chi connectivity index (χ3v) is 3.93. The predicted octanol–water partition coefficient (Wildman–Crippen LogP) is 2.57. The van der Waals surface area contributed by atoms with E-state index in [2.05, 4.69) is 9.72 Å². The fourth-order valence-corrected chi connectivity index (χ4v) is 2.72. The first-order valence-corrected chi connectivity index (χ1v) is 7.87. The van der Waals surface area contributed by atoms with Gasteiger partial charge in [-0.1, -0.05) is 24.3 Å². The van der Waals surface area contributed by atoms with Crippen molar-refractivity contribution < 1.29 is 23.5 Å². The van der Waals surface area contributed by atoms with Crippen molar-refractivity contribution in [3.8, 4) is 22.6 Å². The molecule has 3 rings (SSSR count). The number of carbonyl (C=O) groups excluding carboxylic acids is 2. The van der Waals surface area contributed by atoms with E-state index in [-0.39, 0.29) is 17.3 Å². The van der Waals surface area contributed by atoms with Crippen LogP contribution in [0.2, 0.25) is 0 Å². The second-order valence-electron chi connectivity index (χ2n) is 5.55. The number of nitrogens with two attached hydrogens (primary N) is 1. The lowest BCUT2D eigenvalue weighted by atomic mass is 10.0. The molecule has 27 heavy (non-hydrogen) atoms. The van der Waals surface area contributed by atoms with Crippen molar-refractivity contribution in [2.45, 2.75) is 0 Å². The van der Waals surface area contributed by atoms with E-state index in [4.69, 9.17) is 10.5 Å². The summed E-state index contributed by atoms with van der Waals surface area (Å²) < 4.78 is 25.2. The Morgan fingerprint density at radius 2 is 1.89 bits per heavy atom. The Bertz CT molecular complexity index is 1030. The normalized spacial score (nSPS) is 10.5. The summed E-state index contributed by atoms with van der Waals surface area (Å²) >= 11 is 0. The van der Waals surface area contributed by atoms with Crippen molar-refractivity contribution >= 4 is 11.9 Å². The van der Waals surface area contributed by atoms with E-state index < -0.39 is 17.7 Å². The summed E-state index contributed by atoms with van der Waals surface area (Å²) in [4.78, 5) is 27.4. The fraction of sp³-hybridized carbons (Fsp3) is 0.105. The van der Waals surface area contributed by atoms with Gasteiger partial charge in [0.2, 0.25) is 5.82 Å². The average molecular weight is 369 g/mol. The molecule has 0 radical (unpaired) electrons. The molecule has 3 aromatic rings. The van der Waals surface area contributed by atoms with Gasteiger partial charge >= 0.3 is 5.97 Å². The molecule has 0 bridgehead atoms. The quantitative estimate of drug-likeness (QED) is 0.697. The van der Waals surface area contributed by atoms with Crippen LogP contribution in [0.3, 0.4) is 0 Å². The molecule has 0 fully saturated rings. The number of hydrogen-bond donors (Lipinski definition) is 1. The van der Waals surface area contributed by atoms with Gasteiger partial charge in [0, 0.05) is 17.4 Å². The van der Waals surface area contributed by atoms with Crippen LogP contribution in [-0.4, -0.2) is 35.6 Å². The molecule has 7 nitrogen and oxygen atoms in total. The Balaban J connectivity index is 2.15. The average Bonchev–Trinajstić information content (AvgIpc) is 3.13. The summed E-state index contributed by atoms with van der Waals surface area (Å²) in [5.74, 6) is -2.02. The molecule has 2 N–H and O–H groups in total. The molecule has 0 aliphatic heterocycles. The van der Waals surface area contributed by atoms with Crippen LogP contribution in [0.4, 0.5) is 4.39 Å². The molecule has 1 amide bonds. The van der Waals surface area contributed by atoms with Crippen LogP contribution in [0.15, 0.2) is 48.7 Å². The monoisotopic (exact) mass is 369 g/mol. The highest BCUT2D eigenvalue weighted by molar-refractivity contribution is 5.93. The van der Waals surface area contributed by atoms with Crippen LogP contribution >= 0.6 is 0 Å². The number of aromatic nitrogens is 2. The molecule has 0 spiro atoms. The zero-order valence-electron chi connectivity index (χ0n) is 14.6. The topological polar surface area (TPSA) is 96.4 Å². The van der Waals surface area contributed by atoms with Crippen molar-refractivity contribution in [2.24, 2.45) is 5.73 Å². The van der Waals surface area contributed by atoms with Crippen LogP contribution in [0.25, 0.3) is 16.8 Å². The highest BCUT2D eigenvalue weighted by Gasteiger charge is 2.20. The van der Waals surface area contributed by atoms with Gasteiger partial charge in [-0.15, -0.1) is 0 Å². The first kappa shape index (κ1) is 18.1. The molecule has 0 unspecified atom stereocenters. The molecule has 0 saturated heterocycles. The lowest BCUT2D eigenvalue weighted by Crippen LogP contribution is -2.17. The Labute approximate surface area is 154 Å².